The first-order valence-corrected chi connectivity index (χ1v) is 47.2. The molecule has 4 heterocycles. The standard InChI is InChI=1S/C41H51ClN4O6S.C40H50ClN5O6S.C13H24.2H2S/c1-7-10-27(3)23-53(49,24-36(47)33-22-45(4)43-40(33)51-6)44-39(48)29-13-17-38-35(20-29)46(21-30-12-15-32(30)37(8-2)50-5)25-41(26-52-38)18-9-11-28-19-31(42)14-16-34(28)41;1-7-10-26(3)23-53(49,44-38(48)32-22-45(4)42-39(32)51-6)43-37(47)28-13-17-36-34(20-28)46(21-29-12-15-31(29)35(8-2)50-5)24-40(25-52-36)18-9-11-27-19-30(41)14-16-33(27)40;1-3-7-12(8-4-1)11-13-9-5-2-6-10-13;;/h7-8,13-14,16-17,19-20,22,27,30,32,37H,1-2,9-12,15,18,21,23-26H2,3-6H3;7-8,13-14,16-17,19-20,22,26,29,31,35H,1-2,9-12,15,18,21,23-25H2,3-6H3,(H,43,44,47,48,49);12-13H,1-11H2;2*1H2/p-1/t27-,30-,32+,37-,41-,53+;26-,29-,31+,35-,40-,53-;;;/m00.../s1. The molecule has 0 bridgehead atoms. The molecule has 4 fully saturated rings. The van der Waals surface area contributed by atoms with Crippen LogP contribution in [0.4, 0.5) is 11.4 Å². The number of aromatic nitrogens is 4. The van der Waals surface area contributed by atoms with E-state index in [2.05, 4.69) is 83.7 Å². The van der Waals surface area contributed by atoms with Gasteiger partial charge in [-0.1, -0.05) is 138 Å². The van der Waals surface area contributed by atoms with Gasteiger partial charge in [0.15, 0.2) is 15.7 Å². The Morgan fingerprint density at radius 1 is 0.595 bits per heavy atom. The van der Waals surface area contributed by atoms with Crippen LogP contribution in [-0.4, -0.2) is 149 Å². The summed E-state index contributed by atoms with van der Waals surface area (Å²) < 4.78 is 79.9. The van der Waals surface area contributed by atoms with Crippen LogP contribution in [0.2, 0.25) is 10.0 Å². The van der Waals surface area contributed by atoms with Crippen molar-refractivity contribution in [1.82, 2.24) is 19.6 Å². The summed E-state index contributed by atoms with van der Waals surface area (Å²) in [5.41, 5.74) is 6.70. The average molecular weight is 1780 g/mol. The number of hydrogen-bond acceptors (Lipinski definition) is 16. The van der Waals surface area contributed by atoms with Gasteiger partial charge in [-0.2, -0.15) is 35.8 Å². The van der Waals surface area contributed by atoms with E-state index in [0.29, 0.717) is 74.3 Å². The summed E-state index contributed by atoms with van der Waals surface area (Å²) >= 11 is 12.9. The minimum Gasteiger partial charge on any atom is -0.857 e. The van der Waals surface area contributed by atoms with Crippen molar-refractivity contribution in [2.45, 2.75) is 185 Å². The number of anilines is 2. The molecule has 4 aromatic carbocycles. The van der Waals surface area contributed by atoms with Gasteiger partial charge in [-0.25, -0.2) is 8.42 Å². The Kier molecular flexibility index (Phi) is 34.5. The summed E-state index contributed by atoms with van der Waals surface area (Å²) in [7, 11) is 2.48. The number of ether oxygens (including phenoxy) is 6. The molecule has 2 aliphatic heterocycles. The van der Waals surface area contributed by atoms with Crippen molar-refractivity contribution < 1.29 is 56.3 Å². The number of aryl methyl sites for hydroxylation is 4. The Balaban J connectivity index is 0.000000217. The molecule has 0 saturated heterocycles. The Morgan fingerprint density at radius 2 is 1.04 bits per heavy atom. The second-order valence-electron chi connectivity index (χ2n) is 34.9. The fraction of sp³-hybridized carbons (Fsp3) is 0.553. The molecular formula is C94H128Cl2N9O12S4-. The van der Waals surface area contributed by atoms with Crippen LogP contribution in [0.15, 0.2) is 149 Å². The summed E-state index contributed by atoms with van der Waals surface area (Å²) in [6, 6.07) is 22.9. The maximum Gasteiger partial charge on any atom is 0.286 e. The third kappa shape index (κ3) is 23.4. The summed E-state index contributed by atoms with van der Waals surface area (Å²) in [4.78, 5) is 46.4. The zero-order valence-electron chi connectivity index (χ0n) is 72.1. The van der Waals surface area contributed by atoms with Gasteiger partial charge in [-0.3, -0.25) is 23.7 Å². The van der Waals surface area contributed by atoms with Crippen LogP contribution in [0, 0.1) is 47.3 Å². The van der Waals surface area contributed by atoms with E-state index < -0.39 is 48.9 Å². The number of carbonyl (C=O) groups excluding carboxylic acids is 3. The smallest absolute Gasteiger partial charge is 0.286 e. The molecule has 12 atom stereocenters. The summed E-state index contributed by atoms with van der Waals surface area (Å²) in [6.07, 6.45) is 38.1. The van der Waals surface area contributed by atoms with E-state index in [1.807, 2.05) is 50.3 Å². The van der Waals surface area contributed by atoms with Crippen molar-refractivity contribution in [3.8, 4) is 23.3 Å². The largest absolute Gasteiger partial charge is 0.857 e. The molecule has 0 radical (unpaired) electrons. The summed E-state index contributed by atoms with van der Waals surface area (Å²) in [6.45, 7) is 23.2. The van der Waals surface area contributed by atoms with Crippen LogP contribution < -0.4 is 33.9 Å². The lowest BCUT2D eigenvalue weighted by Gasteiger charge is -2.46. The van der Waals surface area contributed by atoms with Gasteiger partial charge >= 0.3 is 0 Å². The average Bonchev–Trinajstić information content (AvgIpc) is 1.66. The van der Waals surface area contributed by atoms with Crippen molar-refractivity contribution >= 4 is 105 Å². The normalized spacial score (nSPS) is 23.2. The van der Waals surface area contributed by atoms with Gasteiger partial charge in [-0.15, -0.1) is 40.9 Å². The van der Waals surface area contributed by atoms with E-state index in [9.17, 15) is 27.9 Å². The number of fused-ring (bicyclic) bond motifs is 6. The van der Waals surface area contributed by atoms with Gasteiger partial charge in [0.2, 0.25) is 11.8 Å². The SMILES string of the molecule is C1CCC(CC2CCCCC2)CC1.C=CC[C@H](C)C[S@@](=O)(CC(=O)c1cn(C)nc1OC)=NC(=O)c1ccc2c(c1)N(C[C@@H]1CC[C@H]1[C@H](C=C)OC)C[C@@]1(CCCc3cc(Cl)ccc31)CO2.C=CC[C@H](C)C[S@@](=O)(N=C([O-])c1cn(C)nc1OC)=NC(=O)c1ccc2c(c1)N(C[C@@H]1CC[C@H]1[C@H](C=C)OC)C[C@@]1(CCCc3cc(Cl)ccc31)CO2.S.S. The zero-order valence-corrected chi connectivity index (χ0v) is 77.3. The molecule has 0 unspecified atom stereocenters. The lowest BCUT2D eigenvalue weighted by Crippen LogP contribution is -2.49. The monoisotopic (exact) mass is 1770 g/mol. The Labute approximate surface area is 743 Å². The minimum atomic E-state index is -3.73. The highest BCUT2D eigenvalue weighted by Gasteiger charge is 2.47. The Morgan fingerprint density at radius 3 is 1.47 bits per heavy atom. The first kappa shape index (κ1) is 95.9. The maximum atomic E-state index is 14.6. The molecular weight excluding hydrogens is 1650 g/mol. The Bertz CT molecular complexity index is 4910. The highest BCUT2D eigenvalue weighted by molar-refractivity contribution is 7.94. The number of benzene rings is 4. The molecule has 2 amide bonds. The highest BCUT2D eigenvalue weighted by Crippen LogP contribution is 2.50. The first-order valence-electron chi connectivity index (χ1n) is 42.9. The summed E-state index contributed by atoms with van der Waals surface area (Å²) in [5, 5.41) is 23.1. The van der Waals surface area contributed by atoms with Crippen molar-refractivity contribution in [2.24, 2.45) is 74.6 Å². The van der Waals surface area contributed by atoms with E-state index in [4.69, 9.17) is 51.6 Å². The number of ketones is 1. The molecule has 4 saturated carbocycles. The van der Waals surface area contributed by atoms with Crippen molar-refractivity contribution in [2.75, 3.05) is 94.9 Å². The van der Waals surface area contributed by atoms with Gasteiger partial charge in [-0.05, 0) is 214 Å². The number of nitrogens with zero attached hydrogens (tertiary/aromatic N) is 9. The van der Waals surface area contributed by atoms with Gasteiger partial charge < -0.3 is 43.3 Å². The van der Waals surface area contributed by atoms with Gasteiger partial charge in [0, 0.05) is 111 Å². The van der Waals surface area contributed by atoms with E-state index in [0.717, 1.165) is 111 Å². The van der Waals surface area contributed by atoms with Crippen LogP contribution in [-0.2, 0) is 66.9 Å². The van der Waals surface area contributed by atoms with Crippen molar-refractivity contribution in [3.05, 3.63) is 190 Å². The maximum absolute atomic E-state index is 14.6. The van der Waals surface area contributed by atoms with Crippen LogP contribution in [0.5, 0.6) is 23.3 Å². The van der Waals surface area contributed by atoms with Crippen molar-refractivity contribution in [3.63, 3.8) is 0 Å². The molecule has 2 spiro atoms. The molecule has 6 aromatic rings. The number of amides is 2. The number of hydrogen-bond donors (Lipinski definition) is 0. The number of methoxy groups -OCH3 is 4. The fourth-order valence-corrected chi connectivity index (χ4v) is 24.4. The molecule has 0 N–H and O–H groups in total. The first-order chi connectivity index (χ1) is 57.3. The van der Waals surface area contributed by atoms with Crippen LogP contribution >= 0.6 is 50.2 Å². The lowest BCUT2D eigenvalue weighted by atomic mass is 9.68. The second kappa shape index (κ2) is 43.5. The van der Waals surface area contributed by atoms with Crippen molar-refractivity contribution in [1.29, 1.82) is 0 Å². The molecule has 14 rings (SSSR count). The van der Waals surface area contributed by atoms with Crippen LogP contribution in [0.25, 0.3) is 0 Å². The molecule has 6 aliphatic carbocycles. The lowest BCUT2D eigenvalue weighted by molar-refractivity contribution is -0.212. The number of halogens is 2. The van der Waals surface area contributed by atoms with Crippen LogP contribution in [0.1, 0.15) is 208 Å². The Hall–Kier alpha value is -7.36. The van der Waals surface area contributed by atoms with Crippen LogP contribution in [0.3, 0.4) is 0 Å². The fourth-order valence-electron chi connectivity index (χ4n) is 19.9. The molecule has 8 aliphatic rings. The molecule has 2 aromatic heterocycles. The minimum absolute atomic E-state index is 0. The third-order valence-corrected chi connectivity index (χ3v) is 30.8. The molecule has 27 heteroatoms. The summed E-state index contributed by atoms with van der Waals surface area (Å²) in [5.74, 6) is 1.59. The van der Waals surface area contributed by atoms with Gasteiger partial charge in [0.05, 0.1) is 77.8 Å². The molecule has 660 valence electrons. The van der Waals surface area contributed by atoms with Gasteiger partial charge in [0.1, 0.15) is 17.1 Å². The molecule has 21 nitrogen and oxygen atoms in total. The predicted octanol–water partition coefficient (Wildman–Crippen LogP) is 18.6. The number of allylic oxidation sites excluding steroid dienone is 2. The number of rotatable bonds is 29. The second-order valence-corrected chi connectivity index (χ2v) is 40.0. The van der Waals surface area contributed by atoms with Gasteiger partial charge in [0.25, 0.3) is 11.8 Å². The third-order valence-electron chi connectivity index (χ3n) is 26.1. The highest BCUT2D eigenvalue weighted by atomic mass is 35.5. The predicted molar refractivity (Wildman–Crippen MR) is 496 cm³/mol. The van der Waals surface area contributed by atoms with E-state index in [1.54, 1.807) is 96.8 Å². The quantitative estimate of drug-likeness (QED) is 0.0183. The topological polar surface area (TPSA) is 243 Å². The van der Waals surface area contributed by atoms with E-state index >= 15 is 0 Å². The van der Waals surface area contributed by atoms with E-state index in [1.165, 1.54) is 96.8 Å². The molecule has 121 heavy (non-hydrogen) atoms. The number of Topliss-reactive ketones (excluding diaryl/α,β-unsaturated/α-hetero) is 1. The van der Waals surface area contributed by atoms with E-state index in [-0.39, 0.29) is 107 Å². The number of carbonyl (C=O) groups is 3. The zero-order chi connectivity index (χ0) is 84.8.